The number of amides is 1. The molecule has 1 saturated heterocycles. The molecule has 0 spiro atoms. The summed E-state index contributed by atoms with van der Waals surface area (Å²) in [6, 6.07) is 7.77. The molecule has 2 aliphatic rings. The molecule has 162 valence electrons. The van der Waals surface area contributed by atoms with Crippen LogP contribution in [-0.2, 0) is 11.2 Å². The topological polar surface area (TPSA) is 106 Å². The van der Waals surface area contributed by atoms with Gasteiger partial charge < -0.3 is 14.6 Å². The Labute approximate surface area is 179 Å². The maximum absolute atomic E-state index is 12.8. The number of likely N-dealkylation sites (tertiary alicyclic amines) is 1. The van der Waals surface area contributed by atoms with Crippen LogP contribution in [0, 0.1) is 0 Å². The summed E-state index contributed by atoms with van der Waals surface area (Å²) in [5.74, 6) is 2.03. The minimum atomic E-state index is -0.221. The average Bonchev–Trinajstić information content (AvgIpc) is 3.55. The van der Waals surface area contributed by atoms with Crippen LogP contribution in [0.15, 0.2) is 29.1 Å². The first kappa shape index (κ1) is 19.7. The second-order valence-corrected chi connectivity index (χ2v) is 8.30. The smallest absolute Gasteiger partial charge is 0.281 e. The van der Waals surface area contributed by atoms with Gasteiger partial charge in [-0.05, 0) is 50.3 Å². The lowest BCUT2D eigenvalue weighted by atomic mass is 10.0. The van der Waals surface area contributed by atoms with Gasteiger partial charge in [0.05, 0.1) is 19.1 Å². The molecule has 0 bridgehead atoms. The van der Waals surface area contributed by atoms with E-state index in [1.165, 1.54) is 0 Å². The Hall–Kier alpha value is -3.23. The maximum atomic E-state index is 12.8. The van der Waals surface area contributed by atoms with Crippen LogP contribution in [0.1, 0.15) is 56.0 Å². The molecule has 3 heterocycles. The summed E-state index contributed by atoms with van der Waals surface area (Å²) in [5.41, 5.74) is 1.61. The van der Waals surface area contributed by atoms with Crippen molar-refractivity contribution < 1.29 is 9.53 Å². The van der Waals surface area contributed by atoms with Crippen molar-refractivity contribution in [2.45, 2.75) is 51.0 Å². The van der Waals surface area contributed by atoms with E-state index in [9.17, 15) is 9.59 Å². The Kier molecular flexibility index (Phi) is 5.17. The SMILES string of the molecule is CCOc1ccc(CC(=O)N2CCC(n3nnc4c(=O)[nH]c(C5CC5)nc43)CC2)cc1. The van der Waals surface area contributed by atoms with Crippen LogP contribution in [0.2, 0.25) is 0 Å². The molecule has 0 unspecified atom stereocenters. The van der Waals surface area contributed by atoms with Gasteiger partial charge in [-0.15, -0.1) is 5.10 Å². The average molecular weight is 422 g/mol. The Morgan fingerprint density at radius 2 is 1.90 bits per heavy atom. The fraction of sp³-hybridized carbons (Fsp3) is 0.500. The van der Waals surface area contributed by atoms with E-state index in [1.54, 1.807) is 4.68 Å². The molecule has 2 fully saturated rings. The fourth-order valence-corrected chi connectivity index (χ4v) is 4.17. The zero-order valence-corrected chi connectivity index (χ0v) is 17.6. The minimum Gasteiger partial charge on any atom is -0.494 e. The number of aromatic nitrogens is 5. The monoisotopic (exact) mass is 422 g/mol. The van der Waals surface area contributed by atoms with E-state index in [-0.39, 0.29) is 17.5 Å². The highest BCUT2D eigenvalue weighted by atomic mass is 16.5. The molecule has 1 aliphatic carbocycles. The number of carbonyl (C=O) groups is 1. The molecule has 5 rings (SSSR count). The lowest BCUT2D eigenvalue weighted by Crippen LogP contribution is -2.40. The van der Waals surface area contributed by atoms with Gasteiger partial charge in [-0.25, -0.2) is 9.67 Å². The van der Waals surface area contributed by atoms with Crippen LogP contribution < -0.4 is 10.3 Å². The van der Waals surface area contributed by atoms with Crippen LogP contribution in [-0.4, -0.2) is 55.5 Å². The molecule has 1 aliphatic heterocycles. The zero-order valence-electron chi connectivity index (χ0n) is 17.6. The van der Waals surface area contributed by atoms with Gasteiger partial charge in [0.15, 0.2) is 11.2 Å². The molecule has 1 N–H and O–H groups in total. The number of hydrogen-bond donors (Lipinski definition) is 1. The number of aromatic amines is 1. The Bertz CT molecular complexity index is 1140. The number of ether oxygens (including phenoxy) is 1. The van der Waals surface area contributed by atoms with E-state index in [2.05, 4.69) is 20.3 Å². The summed E-state index contributed by atoms with van der Waals surface area (Å²) in [7, 11) is 0. The van der Waals surface area contributed by atoms with Gasteiger partial charge in [-0.1, -0.05) is 17.3 Å². The van der Waals surface area contributed by atoms with Crippen LogP contribution >= 0.6 is 0 Å². The van der Waals surface area contributed by atoms with Crippen LogP contribution in [0.25, 0.3) is 11.2 Å². The highest BCUT2D eigenvalue weighted by Crippen LogP contribution is 2.38. The van der Waals surface area contributed by atoms with Gasteiger partial charge in [0.25, 0.3) is 5.56 Å². The first-order chi connectivity index (χ1) is 15.1. The lowest BCUT2D eigenvalue weighted by Gasteiger charge is -2.32. The molecule has 2 aromatic heterocycles. The normalized spacial score (nSPS) is 17.3. The largest absolute Gasteiger partial charge is 0.494 e. The van der Waals surface area contributed by atoms with Crippen LogP contribution in [0.5, 0.6) is 5.75 Å². The molecule has 1 amide bonds. The van der Waals surface area contributed by atoms with E-state index < -0.39 is 0 Å². The lowest BCUT2D eigenvalue weighted by molar-refractivity contribution is -0.131. The van der Waals surface area contributed by atoms with Gasteiger partial charge in [-0.3, -0.25) is 9.59 Å². The van der Waals surface area contributed by atoms with Crippen molar-refractivity contribution in [3.63, 3.8) is 0 Å². The Balaban J connectivity index is 1.24. The summed E-state index contributed by atoms with van der Waals surface area (Å²) in [5, 5.41) is 8.29. The summed E-state index contributed by atoms with van der Waals surface area (Å²) < 4.78 is 7.24. The molecule has 1 saturated carbocycles. The predicted molar refractivity (Wildman–Crippen MR) is 114 cm³/mol. The fourth-order valence-electron chi connectivity index (χ4n) is 4.17. The van der Waals surface area contributed by atoms with Crippen molar-refractivity contribution in [2.75, 3.05) is 19.7 Å². The number of H-pyrrole nitrogens is 1. The molecule has 9 heteroatoms. The third-order valence-corrected chi connectivity index (χ3v) is 6.07. The molecule has 3 aromatic rings. The highest BCUT2D eigenvalue weighted by molar-refractivity contribution is 5.79. The first-order valence-corrected chi connectivity index (χ1v) is 11.0. The summed E-state index contributed by atoms with van der Waals surface area (Å²) in [6.45, 7) is 3.88. The van der Waals surface area contributed by atoms with E-state index in [0.717, 1.165) is 42.8 Å². The van der Waals surface area contributed by atoms with Gasteiger partial charge in [0, 0.05) is 19.0 Å². The van der Waals surface area contributed by atoms with E-state index >= 15 is 0 Å². The summed E-state index contributed by atoms with van der Waals surface area (Å²) in [6.07, 6.45) is 4.03. The molecular weight excluding hydrogens is 396 g/mol. The third kappa shape index (κ3) is 4.04. The predicted octanol–water partition coefficient (Wildman–Crippen LogP) is 2.20. The van der Waals surface area contributed by atoms with Crippen molar-refractivity contribution in [2.24, 2.45) is 0 Å². The minimum absolute atomic E-state index is 0.0841. The molecule has 9 nitrogen and oxygen atoms in total. The van der Waals surface area contributed by atoms with Crippen LogP contribution in [0.4, 0.5) is 0 Å². The van der Waals surface area contributed by atoms with Gasteiger partial charge in [0.2, 0.25) is 5.91 Å². The molecular formula is C22H26N6O3. The van der Waals surface area contributed by atoms with Crippen LogP contribution in [0.3, 0.4) is 0 Å². The van der Waals surface area contributed by atoms with Gasteiger partial charge >= 0.3 is 0 Å². The van der Waals surface area contributed by atoms with Crippen molar-refractivity contribution in [1.82, 2.24) is 29.9 Å². The number of nitrogens with one attached hydrogen (secondary N) is 1. The second kappa shape index (κ2) is 8.13. The molecule has 0 radical (unpaired) electrons. The van der Waals surface area contributed by atoms with Gasteiger partial charge in [-0.2, -0.15) is 0 Å². The Morgan fingerprint density at radius 1 is 1.16 bits per heavy atom. The summed E-state index contributed by atoms with van der Waals surface area (Å²) >= 11 is 0. The molecule has 1 aromatic carbocycles. The first-order valence-electron chi connectivity index (χ1n) is 11.0. The number of fused-ring (bicyclic) bond motifs is 1. The third-order valence-electron chi connectivity index (χ3n) is 6.07. The van der Waals surface area contributed by atoms with Crippen molar-refractivity contribution in [1.29, 1.82) is 0 Å². The van der Waals surface area contributed by atoms with E-state index in [4.69, 9.17) is 4.74 Å². The standard InChI is InChI=1S/C22H26N6O3/c1-2-31-17-7-3-14(4-8-17)13-18(29)27-11-9-16(10-12-27)28-21-19(25-26-28)22(30)24-20(23-21)15-5-6-15/h3-4,7-8,15-16H,2,5-6,9-13H2,1H3,(H,23,24,30). The van der Waals surface area contributed by atoms with E-state index in [1.807, 2.05) is 36.1 Å². The number of benzene rings is 1. The number of rotatable bonds is 6. The molecule has 31 heavy (non-hydrogen) atoms. The maximum Gasteiger partial charge on any atom is 0.281 e. The van der Waals surface area contributed by atoms with Crippen molar-refractivity contribution >= 4 is 17.1 Å². The Morgan fingerprint density at radius 3 is 2.58 bits per heavy atom. The summed E-state index contributed by atoms with van der Waals surface area (Å²) in [4.78, 5) is 34.5. The number of nitrogens with zero attached hydrogens (tertiary/aromatic N) is 5. The number of carbonyl (C=O) groups excluding carboxylic acids is 1. The van der Waals surface area contributed by atoms with E-state index in [0.29, 0.717) is 43.2 Å². The highest BCUT2D eigenvalue weighted by Gasteiger charge is 2.30. The quantitative estimate of drug-likeness (QED) is 0.653. The zero-order chi connectivity index (χ0) is 21.4. The number of piperidine rings is 1. The number of hydrogen-bond acceptors (Lipinski definition) is 6. The van der Waals surface area contributed by atoms with Gasteiger partial charge in [0.1, 0.15) is 11.6 Å². The molecule has 0 atom stereocenters. The van der Waals surface area contributed by atoms with Crippen molar-refractivity contribution in [3.05, 3.63) is 46.0 Å². The van der Waals surface area contributed by atoms with Crippen molar-refractivity contribution in [3.8, 4) is 5.75 Å². The second-order valence-electron chi connectivity index (χ2n) is 8.30.